The Morgan fingerprint density at radius 2 is 1.72 bits per heavy atom. The molecule has 0 saturated carbocycles. The van der Waals surface area contributed by atoms with Crippen LogP contribution >= 0.6 is 0 Å². The molecule has 0 fully saturated rings. The van der Waals surface area contributed by atoms with E-state index in [2.05, 4.69) is 50.4 Å². The summed E-state index contributed by atoms with van der Waals surface area (Å²) in [6, 6.07) is 9.08. The largest absolute Gasteiger partial charge is 0.316 e. The van der Waals surface area contributed by atoms with Crippen LogP contribution in [0, 0.1) is 6.92 Å². The molecule has 0 radical (unpaired) electrons. The van der Waals surface area contributed by atoms with E-state index >= 15 is 0 Å². The summed E-state index contributed by atoms with van der Waals surface area (Å²) >= 11 is 0. The first-order valence-electron chi connectivity index (χ1n) is 7.55. The third-order valence-electron chi connectivity index (χ3n) is 3.60. The Kier molecular flexibility index (Phi) is 7.75. The Morgan fingerprint density at radius 3 is 2.33 bits per heavy atom. The van der Waals surface area contributed by atoms with Crippen LogP contribution in [0.25, 0.3) is 0 Å². The van der Waals surface area contributed by atoms with Crippen LogP contribution in [0.3, 0.4) is 0 Å². The lowest BCUT2D eigenvalue weighted by Gasteiger charge is -2.18. The van der Waals surface area contributed by atoms with Gasteiger partial charge in [-0.05, 0) is 31.4 Å². The van der Waals surface area contributed by atoms with Crippen molar-refractivity contribution in [3.05, 3.63) is 35.4 Å². The van der Waals surface area contributed by atoms with Gasteiger partial charge < -0.3 is 5.32 Å². The molecule has 102 valence electrons. The van der Waals surface area contributed by atoms with Gasteiger partial charge in [0.05, 0.1) is 0 Å². The lowest BCUT2D eigenvalue weighted by molar-refractivity contribution is 0.520. The van der Waals surface area contributed by atoms with Crippen LogP contribution in [0.1, 0.15) is 63.0 Å². The van der Waals surface area contributed by atoms with Crippen molar-refractivity contribution in [2.45, 2.75) is 58.8 Å². The molecule has 1 aromatic carbocycles. The summed E-state index contributed by atoms with van der Waals surface area (Å²) < 4.78 is 0. The highest BCUT2D eigenvalue weighted by atomic mass is 14.8. The van der Waals surface area contributed by atoms with Gasteiger partial charge in [0, 0.05) is 6.54 Å². The number of benzene rings is 1. The second-order valence-electron chi connectivity index (χ2n) is 5.26. The Hall–Kier alpha value is -0.820. The summed E-state index contributed by atoms with van der Waals surface area (Å²) in [5.41, 5.74) is 2.85. The lowest BCUT2D eigenvalue weighted by atomic mass is 9.92. The van der Waals surface area contributed by atoms with E-state index in [4.69, 9.17) is 0 Å². The van der Waals surface area contributed by atoms with Crippen LogP contribution in [-0.2, 0) is 0 Å². The van der Waals surface area contributed by atoms with E-state index in [0.717, 1.165) is 13.1 Å². The van der Waals surface area contributed by atoms with Crippen molar-refractivity contribution < 1.29 is 0 Å². The molecule has 0 spiro atoms. The van der Waals surface area contributed by atoms with E-state index in [1.807, 2.05) is 0 Å². The molecule has 0 aliphatic rings. The standard InChI is InChI=1S/C17H29N/c1-4-6-7-8-9-17(14-18-5-2)16-12-10-15(3)11-13-16/h10-13,17-18H,4-9,14H2,1-3H3. The lowest BCUT2D eigenvalue weighted by Crippen LogP contribution is -2.21. The zero-order valence-electron chi connectivity index (χ0n) is 12.3. The summed E-state index contributed by atoms with van der Waals surface area (Å²) in [7, 11) is 0. The predicted molar refractivity (Wildman–Crippen MR) is 81.2 cm³/mol. The van der Waals surface area contributed by atoms with Crippen LogP contribution in [0.5, 0.6) is 0 Å². The van der Waals surface area contributed by atoms with Gasteiger partial charge in [0.15, 0.2) is 0 Å². The molecule has 1 unspecified atom stereocenters. The van der Waals surface area contributed by atoms with Crippen molar-refractivity contribution in [1.82, 2.24) is 5.32 Å². The summed E-state index contributed by atoms with van der Waals surface area (Å²) in [4.78, 5) is 0. The van der Waals surface area contributed by atoms with E-state index in [9.17, 15) is 0 Å². The van der Waals surface area contributed by atoms with Crippen molar-refractivity contribution >= 4 is 0 Å². The fraction of sp³-hybridized carbons (Fsp3) is 0.647. The number of unbranched alkanes of at least 4 members (excludes halogenated alkanes) is 3. The van der Waals surface area contributed by atoms with Crippen LogP contribution in [0.4, 0.5) is 0 Å². The molecule has 0 bridgehead atoms. The van der Waals surface area contributed by atoms with Gasteiger partial charge in [-0.1, -0.05) is 69.4 Å². The number of hydrogen-bond acceptors (Lipinski definition) is 1. The first-order chi connectivity index (χ1) is 8.77. The molecule has 1 rings (SSSR count). The van der Waals surface area contributed by atoms with Gasteiger partial charge in [0.25, 0.3) is 0 Å². The van der Waals surface area contributed by atoms with Crippen molar-refractivity contribution in [3.63, 3.8) is 0 Å². The summed E-state index contributed by atoms with van der Waals surface area (Å²) in [5.74, 6) is 0.683. The van der Waals surface area contributed by atoms with Gasteiger partial charge in [-0.25, -0.2) is 0 Å². The molecule has 1 atom stereocenters. The minimum atomic E-state index is 0.683. The maximum absolute atomic E-state index is 3.50. The zero-order chi connectivity index (χ0) is 13.2. The smallest absolute Gasteiger partial charge is 0.00200 e. The third-order valence-corrected chi connectivity index (χ3v) is 3.60. The fourth-order valence-corrected chi connectivity index (χ4v) is 2.36. The number of aryl methyl sites for hydroxylation is 1. The second-order valence-corrected chi connectivity index (χ2v) is 5.26. The molecule has 0 aromatic heterocycles. The molecule has 0 aliphatic carbocycles. The van der Waals surface area contributed by atoms with Gasteiger partial charge in [0.2, 0.25) is 0 Å². The molecule has 0 saturated heterocycles. The average Bonchev–Trinajstić information content (AvgIpc) is 2.39. The van der Waals surface area contributed by atoms with Crippen LogP contribution in [0.15, 0.2) is 24.3 Å². The van der Waals surface area contributed by atoms with Gasteiger partial charge in [-0.15, -0.1) is 0 Å². The van der Waals surface area contributed by atoms with E-state index < -0.39 is 0 Å². The molecule has 1 aromatic rings. The highest BCUT2D eigenvalue weighted by Gasteiger charge is 2.10. The number of rotatable bonds is 9. The first-order valence-corrected chi connectivity index (χ1v) is 7.55. The van der Waals surface area contributed by atoms with Crippen molar-refractivity contribution in [2.24, 2.45) is 0 Å². The molecule has 0 amide bonds. The first kappa shape index (κ1) is 15.2. The van der Waals surface area contributed by atoms with Gasteiger partial charge in [0.1, 0.15) is 0 Å². The Bertz CT molecular complexity index is 302. The molecule has 0 heterocycles. The second kappa shape index (κ2) is 9.16. The van der Waals surface area contributed by atoms with Crippen LogP contribution in [-0.4, -0.2) is 13.1 Å². The zero-order valence-corrected chi connectivity index (χ0v) is 12.3. The molecule has 18 heavy (non-hydrogen) atoms. The molecule has 1 N–H and O–H groups in total. The summed E-state index contributed by atoms with van der Waals surface area (Å²) in [6.45, 7) is 8.80. The number of hydrogen-bond donors (Lipinski definition) is 1. The molecular weight excluding hydrogens is 218 g/mol. The van der Waals surface area contributed by atoms with Crippen molar-refractivity contribution in [3.8, 4) is 0 Å². The topological polar surface area (TPSA) is 12.0 Å². The van der Waals surface area contributed by atoms with E-state index in [0.29, 0.717) is 5.92 Å². The van der Waals surface area contributed by atoms with Crippen LogP contribution in [0.2, 0.25) is 0 Å². The van der Waals surface area contributed by atoms with Gasteiger partial charge >= 0.3 is 0 Å². The molecule has 0 aliphatic heterocycles. The minimum absolute atomic E-state index is 0.683. The maximum Gasteiger partial charge on any atom is 0.00200 e. The maximum atomic E-state index is 3.50. The third kappa shape index (κ3) is 5.68. The van der Waals surface area contributed by atoms with E-state index in [-0.39, 0.29) is 0 Å². The van der Waals surface area contributed by atoms with E-state index in [1.54, 1.807) is 0 Å². The van der Waals surface area contributed by atoms with E-state index in [1.165, 1.54) is 43.2 Å². The average molecular weight is 247 g/mol. The van der Waals surface area contributed by atoms with Crippen LogP contribution < -0.4 is 5.32 Å². The Labute approximate surface area is 113 Å². The number of nitrogens with one attached hydrogen (secondary N) is 1. The van der Waals surface area contributed by atoms with Gasteiger partial charge in [-0.2, -0.15) is 0 Å². The predicted octanol–water partition coefficient (Wildman–Crippen LogP) is 4.66. The SMILES string of the molecule is CCCCCCC(CNCC)c1ccc(C)cc1. The molecule has 1 heteroatoms. The monoisotopic (exact) mass is 247 g/mol. The highest BCUT2D eigenvalue weighted by molar-refractivity contribution is 5.24. The quantitative estimate of drug-likeness (QED) is 0.626. The molecule has 1 nitrogen and oxygen atoms in total. The summed E-state index contributed by atoms with van der Waals surface area (Å²) in [5, 5.41) is 3.50. The molecular formula is C17H29N. The normalized spacial score (nSPS) is 12.6. The van der Waals surface area contributed by atoms with Crippen molar-refractivity contribution in [1.29, 1.82) is 0 Å². The highest BCUT2D eigenvalue weighted by Crippen LogP contribution is 2.22. The van der Waals surface area contributed by atoms with Gasteiger partial charge in [-0.3, -0.25) is 0 Å². The summed E-state index contributed by atoms with van der Waals surface area (Å²) in [6.07, 6.45) is 6.75. The Morgan fingerprint density at radius 1 is 1.00 bits per heavy atom. The Balaban J connectivity index is 2.51. The minimum Gasteiger partial charge on any atom is -0.316 e. The van der Waals surface area contributed by atoms with Crippen molar-refractivity contribution in [2.75, 3.05) is 13.1 Å². The number of likely N-dealkylation sites (N-methyl/N-ethyl adjacent to an activating group) is 1. The fourth-order valence-electron chi connectivity index (χ4n) is 2.36.